The first kappa shape index (κ1) is 23.3. The van der Waals surface area contributed by atoms with Crippen molar-refractivity contribution in [3.63, 3.8) is 0 Å². The molecule has 4 aromatic rings. The SMILES string of the molecule is C[C@@H](c1ccccc1)N(Cc1cccc(F)c1)Cc1nc(C(=O)NCc2ccc(F)cc2)co1. The highest BCUT2D eigenvalue weighted by atomic mass is 19.1. The van der Waals surface area contributed by atoms with E-state index in [1.807, 2.05) is 36.4 Å². The lowest BCUT2D eigenvalue weighted by Gasteiger charge is -2.28. The summed E-state index contributed by atoms with van der Waals surface area (Å²) in [4.78, 5) is 19.0. The Kier molecular flexibility index (Phi) is 7.44. The van der Waals surface area contributed by atoms with Gasteiger partial charge in [0.25, 0.3) is 5.91 Å². The molecular weight excluding hydrogens is 436 g/mol. The Morgan fingerprint density at radius 2 is 1.71 bits per heavy atom. The lowest BCUT2D eigenvalue weighted by molar-refractivity contribution is 0.0945. The van der Waals surface area contributed by atoms with Crippen LogP contribution in [0.15, 0.2) is 89.5 Å². The quantitative estimate of drug-likeness (QED) is 0.350. The Balaban J connectivity index is 1.46. The van der Waals surface area contributed by atoms with Crippen molar-refractivity contribution in [2.75, 3.05) is 0 Å². The molecule has 0 bridgehead atoms. The first-order valence-corrected chi connectivity index (χ1v) is 11.0. The molecule has 3 aromatic carbocycles. The molecule has 0 aliphatic carbocycles. The van der Waals surface area contributed by atoms with Gasteiger partial charge >= 0.3 is 0 Å². The molecule has 1 N–H and O–H groups in total. The van der Waals surface area contributed by atoms with E-state index in [0.29, 0.717) is 19.0 Å². The van der Waals surface area contributed by atoms with Crippen LogP contribution in [0.2, 0.25) is 0 Å². The standard InChI is InChI=1S/C27H25F2N3O2/c1-19(22-7-3-2-4-8-22)32(16-21-6-5-9-24(29)14-21)17-26-31-25(18-34-26)27(33)30-15-20-10-12-23(28)13-11-20/h2-14,18-19H,15-17H2,1H3,(H,30,33)/t19-/m0/s1. The molecule has 1 amide bonds. The van der Waals surface area contributed by atoms with Crippen molar-refractivity contribution < 1.29 is 18.0 Å². The van der Waals surface area contributed by atoms with Gasteiger partial charge in [-0.25, -0.2) is 13.8 Å². The normalized spacial score (nSPS) is 12.0. The molecule has 174 valence electrons. The molecule has 7 heteroatoms. The van der Waals surface area contributed by atoms with E-state index in [2.05, 4.69) is 22.1 Å². The summed E-state index contributed by atoms with van der Waals surface area (Å²) < 4.78 is 32.4. The van der Waals surface area contributed by atoms with Gasteiger partial charge in [0.05, 0.1) is 6.54 Å². The number of hydrogen-bond acceptors (Lipinski definition) is 4. The van der Waals surface area contributed by atoms with Crippen LogP contribution in [0.1, 0.15) is 46.0 Å². The fourth-order valence-electron chi connectivity index (χ4n) is 3.68. The number of aromatic nitrogens is 1. The summed E-state index contributed by atoms with van der Waals surface area (Å²) in [5.74, 6) is -0.622. The Bertz CT molecular complexity index is 1230. The van der Waals surface area contributed by atoms with Crippen LogP contribution in [0.3, 0.4) is 0 Å². The Hall–Kier alpha value is -3.84. The molecule has 4 rings (SSSR count). The molecule has 1 atom stereocenters. The minimum Gasteiger partial charge on any atom is -0.447 e. The summed E-state index contributed by atoms with van der Waals surface area (Å²) in [6.45, 7) is 3.12. The highest BCUT2D eigenvalue weighted by Crippen LogP contribution is 2.24. The minimum atomic E-state index is -0.382. The third-order valence-electron chi connectivity index (χ3n) is 5.59. The number of benzene rings is 3. The van der Waals surface area contributed by atoms with Crippen molar-refractivity contribution in [3.8, 4) is 0 Å². The maximum Gasteiger partial charge on any atom is 0.273 e. The van der Waals surface area contributed by atoms with Gasteiger partial charge in [-0.2, -0.15) is 0 Å². The smallest absolute Gasteiger partial charge is 0.273 e. The zero-order chi connectivity index (χ0) is 23.9. The molecule has 0 fully saturated rings. The van der Waals surface area contributed by atoms with Crippen molar-refractivity contribution in [1.29, 1.82) is 0 Å². The monoisotopic (exact) mass is 461 g/mol. The molecule has 0 spiro atoms. The largest absolute Gasteiger partial charge is 0.447 e. The van der Waals surface area contributed by atoms with Crippen molar-refractivity contribution in [1.82, 2.24) is 15.2 Å². The maximum atomic E-state index is 13.8. The highest BCUT2D eigenvalue weighted by Gasteiger charge is 2.20. The third-order valence-corrected chi connectivity index (χ3v) is 5.59. The number of nitrogens with zero attached hydrogens (tertiary/aromatic N) is 2. The van der Waals surface area contributed by atoms with Crippen LogP contribution >= 0.6 is 0 Å². The Morgan fingerprint density at radius 1 is 0.941 bits per heavy atom. The summed E-state index contributed by atoms with van der Waals surface area (Å²) in [5.41, 5.74) is 2.86. The summed E-state index contributed by atoms with van der Waals surface area (Å²) in [5, 5.41) is 2.76. The van der Waals surface area contributed by atoms with E-state index in [4.69, 9.17) is 4.42 Å². The van der Waals surface area contributed by atoms with Crippen molar-refractivity contribution in [2.24, 2.45) is 0 Å². The molecular formula is C27H25F2N3O2. The molecule has 5 nitrogen and oxygen atoms in total. The topological polar surface area (TPSA) is 58.4 Å². The third kappa shape index (κ3) is 6.14. The molecule has 34 heavy (non-hydrogen) atoms. The number of carbonyl (C=O) groups is 1. The number of hydrogen-bond donors (Lipinski definition) is 1. The average molecular weight is 462 g/mol. The van der Waals surface area contributed by atoms with E-state index < -0.39 is 0 Å². The second kappa shape index (κ2) is 10.9. The van der Waals surface area contributed by atoms with Crippen LogP contribution < -0.4 is 5.32 Å². The summed E-state index contributed by atoms with van der Waals surface area (Å²) in [6.07, 6.45) is 1.32. The van der Waals surface area contributed by atoms with Gasteiger partial charge in [-0.3, -0.25) is 9.69 Å². The number of oxazole rings is 1. The van der Waals surface area contributed by atoms with Crippen LogP contribution in [-0.2, 0) is 19.6 Å². The van der Waals surface area contributed by atoms with Crippen molar-refractivity contribution >= 4 is 5.91 Å². The molecule has 1 aromatic heterocycles. The van der Waals surface area contributed by atoms with Gasteiger partial charge < -0.3 is 9.73 Å². The van der Waals surface area contributed by atoms with Crippen LogP contribution in [0.25, 0.3) is 0 Å². The second-order valence-corrected chi connectivity index (χ2v) is 8.06. The number of amides is 1. The van der Waals surface area contributed by atoms with Gasteiger partial charge in [-0.15, -0.1) is 0 Å². The van der Waals surface area contributed by atoms with Crippen LogP contribution in [-0.4, -0.2) is 15.8 Å². The summed E-state index contributed by atoms with van der Waals surface area (Å²) >= 11 is 0. The van der Waals surface area contributed by atoms with E-state index in [9.17, 15) is 13.6 Å². The van der Waals surface area contributed by atoms with Gasteiger partial charge in [-0.05, 0) is 47.9 Å². The number of rotatable bonds is 9. The van der Waals surface area contributed by atoms with E-state index >= 15 is 0 Å². The first-order valence-electron chi connectivity index (χ1n) is 11.0. The van der Waals surface area contributed by atoms with Crippen molar-refractivity contribution in [3.05, 3.63) is 125 Å². The van der Waals surface area contributed by atoms with Gasteiger partial charge in [0.1, 0.15) is 17.9 Å². The minimum absolute atomic E-state index is 0.00730. The molecule has 0 unspecified atom stereocenters. The van der Waals surface area contributed by atoms with E-state index in [0.717, 1.165) is 16.7 Å². The van der Waals surface area contributed by atoms with E-state index in [-0.39, 0.29) is 35.8 Å². The Morgan fingerprint density at radius 3 is 2.44 bits per heavy atom. The average Bonchev–Trinajstić information content (AvgIpc) is 3.32. The van der Waals surface area contributed by atoms with Crippen LogP contribution in [0, 0.1) is 11.6 Å². The Labute approximate surface area is 197 Å². The van der Waals surface area contributed by atoms with Crippen LogP contribution in [0.5, 0.6) is 0 Å². The molecule has 0 aliphatic rings. The number of carbonyl (C=O) groups excluding carboxylic acids is 1. The fraction of sp³-hybridized carbons (Fsp3) is 0.185. The predicted molar refractivity (Wildman–Crippen MR) is 125 cm³/mol. The molecule has 0 saturated carbocycles. The van der Waals surface area contributed by atoms with Crippen LogP contribution in [0.4, 0.5) is 8.78 Å². The molecule has 0 radical (unpaired) electrons. The summed E-state index contributed by atoms with van der Waals surface area (Å²) in [7, 11) is 0. The summed E-state index contributed by atoms with van der Waals surface area (Å²) in [6, 6.07) is 22.4. The van der Waals surface area contributed by atoms with Gasteiger partial charge in [-0.1, -0.05) is 54.6 Å². The van der Waals surface area contributed by atoms with Gasteiger partial charge in [0, 0.05) is 19.1 Å². The van der Waals surface area contributed by atoms with Crippen molar-refractivity contribution in [2.45, 2.75) is 32.6 Å². The fourth-order valence-corrected chi connectivity index (χ4v) is 3.68. The zero-order valence-corrected chi connectivity index (χ0v) is 18.7. The maximum absolute atomic E-state index is 13.8. The number of nitrogens with one attached hydrogen (secondary N) is 1. The molecule has 1 heterocycles. The first-order chi connectivity index (χ1) is 16.5. The molecule has 0 aliphatic heterocycles. The predicted octanol–water partition coefficient (Wildman–Crippen LogP) is 5.65. The zero-order valence-electron chi connectivity index (χ0n) is 18.7. The number of halogens is 2. The van der Waals surface area contributed by atoms with Gasteiger partial charge in [0.2, 0.25) is 5.89 Å². The van der Waals surface area contributed by atoms with Gasteiger partial charge in [0.15, 0.2) is 5.69 Å². The van der Waals surface area contributed by atoms with E-state index in [1.54, 1.807) is 18.2 Å². The second-order valence-electron chi connectivity index (χ2n) is 8.06. The molecule has 0 saturated heterocycles. The lowest BCUT2D eigenvalue weighted by atomic mass is 10.1. The van der Waals surface area contributed by atoms with E-state index in [1.165, 1.54) is 30.5 Å². The highest BCUT2D eigenvalue weighted by molar-refractivity contribution is 5.91. The lowest BCUT2D eigenvalue weighted by Crippen LogP contribution is -2.27.